The van der Waals surface area contributed by atoms with E-state index in [2.05, 4.69) is 68.3 Å². The zero-order valence-electron chi connectivity index (χ0n) is 20.2. The first-order chi connectivity index (χ1) is 16.3. The maximum absolute atomic E-state index is 13.2. The molecule has 3 nitrogen and oxygen atoms in total. The number of aromatic amines is 1. The molecular weight excluding hydrogens is 463 g/mol. The number of carbonyl (C=O) groups is 1. The largest absolute Gasteiger partial charge is 0.364 e. The van der Waals surface area contributed by atoms with E-state index in [0.29, 0.717) is 0 Å². The SMILES string of the molecule is CC[C@@]12CC[C@@H](c3ccc(-c4c(C)c[nH]c4C)cc3Cl)[C@H](c3ccc(Cl)cc3)[C@@H]1[C@@H](C)NC2=O. The number of halogens is 2. The van der Waals surface area contributed by atoms with Crippen LogP contribution in [0.1, 0.15) is 67.3 Å². The number of H-pyrrole nitrogens is 1. The van der Waals surface area contributed by atoms with Crippen LogP contribution in [0.25, 0.3) is 11.1 Å². The van der Waals surface area contributed by atoms with E-state index in [-0.39, 0.29) is 35.1 Å². The third-order valence-corrected chi connectivity index (χ3v) is 9.14. The van der Waals surface area contributed by atoms with E-state index in [1.54, 1.807) is 0 Å². The molecule has 1 aliphatic heterocycles. The Morgan fingerprint density at radius 2 is 1.82 bits per heavy atom. The van der Waals surface area contributed by atoms with Crippen molar-refractivity contribution in [1.29, 1.82) is 0 Å². The smallest absolute Gasteiger partial charge is 0.226 e. The molecule has 5 atom stereocenters. The third kappa shape index (κ3) is 3.60. The zero-order chi connectivity index (χ0) is 24.2. The van der Waals surface area contributed by atoms with Crippen LogP contribution in [0.15, 0.2) is 48.7 Å². The fourth-order valence-electron chi connectivity index (χ4n) is 6.98. The van der Waals surface area contributed by atoms with Crippen LogP contribution in [0, 0.1) is 25.2 Å². The molecule has 5 rings (SSSR count). The minimum atomic E-state index is -0.327. The highest BCUT2D eigenvalue weighted by Gasteiger charge is 2.59. The molecule has 0 radical (unpaired) electrons. The monoisotopic (exact) mass is 494 g/mol. The molecule has 34 heavy (non-hydrogen) atoms. The van der Waals surface area contributed by atoms with Gasteiger partial charge in [0.1, 0.15) is 0 Å². The van der Waals surface area contributed by atoms with E-state index in [9.17, 15) is 4.79 Å². The van der Waals surface area contributed by atoms with E-state index >= 15 is 0 Å². The van der Waals surface area contributed by atoms with Crippen molar-refractivity contribution in [3.05, 3.63) is 81.1 Å². The summed E-state index contributed by atoms with van der Waals surface area (Å²) in [4.78, 5) is 16.5. The lowest BCUT2D eigenvalue weighted by Gasteiger charge is -2.47. The second-order valence-electron chi connectivity index (χ2n) is 10.2. The van der Waals surface area contributed by atoms with Crippen molar-refractivity contribution in [2.75, 3.05) is 0 Å². The number of hydrogen-bond donors (Lipinski definition) is 2. The summed E-state index contributed by atoms with van der Waals surface area (Å²) in [5.41, 5.74) is 6.80. The molecule has 1 aliphatic carbocycles. The molecule has 2 N–H and O–H groups in total. The van der Waals surface area contributed by atoms with Gasteiger partial charge in [-0.05, 0) is 92.3 Å². The molecule has 0 bridgehead atoms. The summed E-state index contributed by atoms with van der Waals surface area (Å²) < 4.78 is 0. The number of aryl methyl sites for hydroxylation is 2. The molecule has 1 saturated carbocycles. The van der Waals surface area contributed by atoms with E-state index in [4.69, 9.17) is 23.2 Å². The lowest BCUT2D eigenvalue weighted by molar-refractivity contribution is -0.131. The second-order valence-corrected chi connectivity index (χ2v) is 11.1. The normalized spacial score (nSPS) is 28.6. The highest BCUT2D eigenvalue weighted by atomic mass is 35.5. The van der Waals surface area contributed by atoms with Gasteiger partial charge in [-0.25, -0.2) is 0 Å². The number of benzene rings is 2. The summed E-state index contributed by atoms with van der Waals surface area (Å²) in [7, 11) is 0. The fourth-order valence-corrected chi connectivity index (χ4v) is 7.43. The lowest BCUT2D eigenvalue weighted by Crippen LogP contribution is -2.43. The van der Waals surface area contributed by atoms with Gasteiger partial charge in [0.25, 0.3) is 0 Å². The van der Waals surface area contributed by atoms with Gasteiger partial charge < -0.3 is 10.3 Å². The average Bonchev–Trinajstić information content (AvgIpc) is 3.29. The Morgan fingerprint density at radius 1 is 1.09 bits per heavy atom. The number of aromatic nitrogens is 1. The molecule has 2 aromatic carbocycles. The Morgan fingerprint density at radius 3 is 2.44 bits per heavy atom. The topological polar surface area (TPSA) is 44.9 Å². The number of nitrogens with one attached hydrogen (secondary N) is 2. The summed E-state index contributed by atoms with van der Waals surface area (Å²) >= 11 is 13.3. The summed E-state index contributed by atoms with van der Waals surface area (Å²) in [6, 6.07) is 14.8. The van der Waals surface area contributed by atoms with Gasteiger partial charge in [-0.15, -0.1) is 0 Å². The first-order valence-electron chi connectivity index (χ1n) is 12.3. The van der Waals surface area contributed by atoms with Crippen molar-refractivity contribution >= 4 is 29.1 Å². The molecule has 0 spiro atoms. The van der Waals surface area contributed by atoms with Crippen molar-refractivity contribution in [1.82, 2.24) is 10.3 Å². The van der Waals surface area contributed by atoms with Crippen LogP contribution in [-0.4, -0.2) is 16.9 Å². The molecule has 0 unspecified atom stereocenters. The summed E-state index contributed by atoms with van der Waals surface area (Å²) in [6.07, 6.45) is 4.70. The lowest BCUT2D eigenvalue weighted by atomic mass is 9.54. The quantitative estimate of drug-likeness (QED) is 0.381. The number of carbonyl (C=O) groups excluding carboxylic acids is 1. The predicted molar refractivity (Wildman–Crippen MR) is 141 cm³/mol. The van der Waals surface area contributed by atoms with Crippen LogP contribution in [0.4, 0.5) is 0 Å². The summed E-state index contributed by atoms with van der Waals surface area (Å²) in [5, 5.41) is 4.82. The first-order valence-corrected chi connectivity index (χ1v) is 13.0. The standard InChI is InChI=1S/C29H32Cl2N2O/c1-5-29-13-12-23(22-11-8-20(14-24(22)31)25-16(2)15-32-17(25)3)26(19-6-9-21(30)10-7-19)27(29)18(4)33-28(29)34/h6-11,14-15,18,23,26-27,32H,5,12-13H2,1-4H3,(H,33,34)/t18-,23+,26+,27+,29-/m1/s1. The van der Waals surface area contributed by atoms with E-state index < -0.39 is 0 Å². The number of fused-ring (bicyclic) bond motifs is 1. The maximum Gasteiger partial charge on any atom is 0.226 e. The van der Waals surface area contributed by atoms with Crippen LogP contribution >= 0.6 is 23.2 Å². The van der Waals surface area contributed by atoms with Crippen LogP contribution < -0.4 is 5.32 Å². The van der Waals surface area contributed by atoms with Gasteiger partial charge in [-0.3, -0.25) is 4.79 Å². The third-order valence-electron chi connectivity index (χ3n) is 8.56. The molecule has 3 aromatic rings. The first kappa shape index (κ1) is 23.5. The Hall–Kier alpha value is -2.23. The van der Waals surface area contributed by atoms with Crippen molar-refractivity contribution in [2.45, 2.75) is 64.8 Å². The van der Waals surface area contributed by atoms with Crippen molar-refractivity contribution < 1.29 is 4.79 Å². The molecule has 2 heterocycles. The highest BCUT2D eigenvalue weighted by Crippen LogP contribution is 2.60. The Bertz CT molecular complexity index is 1210. The van der Waals surface area contributed by atoms with Crippen molar-refractivity contribution in [2.24, 2.45) is 11.3 Å². The van der Waals surface area contributed by atoms with Crippen LogP contribution in [0.3, 0.4) is 0 Å². The molecule has 1 saturated heterocycles. The number of amides is 1. The minimum Gasteiger partial charge on any atom is -0.364 e. The van der Waals surface area contributed by atoms with Crippen LogP contribution in [0.5, 0.6) is 0 Å². The van der Waals surface area contributed by atoms with Crippen LogP contribution in [-0.2, 0) is 4.79 Å². The van der Waals surface area contributed by atoms with Gasteiger partial charge in [-0.2, -0.15) is 0 Å². The fraction of sp³-hybridized carbons (Fsp3) is 0.414. The second kappa shape index (κ2) is 8.77. The van der Waals surface area contributed by atoms with Gasteiger partial charge in [0.15, 0.2) is 0 Å². The van der Waals surface area contributed by atoms with Gasteiger partial charge in [-0.1, -0.05) is 54.4 Å². The average molecular weight is 495 g/mol. The van der Waals surface area contributed by atoms with Crippen molar-refractivity contribution in [3.8, 4) is 11.1 Å². The molecular formula is C29H32Cl2N2O. The Labute approximate surface area is 212 Å². The molecule has 1 aromatic heterocycles. The maximum atomic E-state index is 13.2. The molecule has 1 amide bonds. The number of hydrogen-bond acceptors (Lipinski definition) is 1. The van der Waals surface area contributed by atoms with E-state index in [0.717, 1.165) is 40.6 Å². The Balaban J connectivity index is 1.62. The summed E-state index contributed by atoms with van der Waals surface area (Å²) in [6.45, 7) is 8.53. The van der Waals surface area contributed by atoms with Gasteiger partial charge >= 0.3 is 0 Å². The Kier molecular flexibility index (Phi) is 6.06. The highest BCUT2D eigenvalue weighted by molar-refractivity contribution is 6.31. The van der Waals surface area contributed by atoms with Crippen LogP contribution in [0.2, 0.25) is 10.0 Å². The van der Waals surface area contributed by atoms with E-state index in [1.165, 1.54) is 22.3 Å². The summed E-state index contributed by atoms with van der Waals surface area (Å²) in [5.74, 6) is 0.828. The van der Waals surface area contributed by atoms with Gasteiger partial charge in [0, 0.05) is 39.5 Å². The van der Waals surface area contributed by atoms with E-state index in [1.807, 2.05) is 18.3 Å². The zero-order valence-corrected chi connectivity index (χ0v) is 21.7. The molecule has 178 valence electrons. The van der Waals surface area contributed by atoms with Gasteiger partial charge in [0.05, 0.1) is 5.41 Å². The molecule has 2 aliphatic rings. The molecule has 5 heteroatoms. The predicted octanol–water partition coefficient (Wildman–Crippen LogP) is 7.80. The van der Waals surface area contributed by atoms with Gasteiger partial charge in [0.2, 0.25) is 5.91 Å². The minimum absolute atomic E-state index is 0.110. The number of rotatable bonds is 4. The molecule has 2 fully saturated rings. The van der Waals surface area contributed by atoms with Crippen molar-refractivity contribution in [3.63, 3.8) is 0 Å².